The van der Waals surface area contributed by atoms with Crippen LogP contribution >= 0.6 is 46.4 Å². The van der Waals surface area contributed by atoms with Crippen LogP contribution in [-0.2, 0) is 6.18 Å². The molecule has 1 N–H and O–H groups in total. The maximum absolute atomic E-state index is 12.7. The quantitative estimate of drug-likeness (QED) is 0.444. The maximum Gasteiger partial charge on any atom is 0.449 e. The summed E-state index contributed by atoms with van der Waals surface area (Å²) in [5, 5.41) is 0.922. The SMILES string of the molecule is FC(F)(F)c1nc2cc(-c3cc(Cl)cc(Cl)c3Cl)c(Cl)cc2[nH]1. The second kappa shape index (κ2) is 5.74. The number of hydrogen-bond acceptors (Lipinski definition) is 1. The predicted molar refractivity (Wildman–Crippen MR) is 86.6 cm³/mol. The summed E-state index contributed by atoms with van der Waals surface area (Å²) in [4.78, 5) is 5.72. The number of hydrogen-bond donors (Lipinski definition) is 1. The van der Waals surface area contributed by atoms with Gasteiger partial charge in [0.1, 0.15) is 0 Å². The van der Waals surface area contributed by atoms with Gasteiger partial charge in [0.15, 0.2) is 0 Å². The van der Waals surface area contributed by atoms with E-state index in [1.54, 1.807) is 0 Å². The first-order valence-electron chi connectivity index (χ1n) is 6.08. The van der Waals surface area contributed by atoms with Gasteiger partial charge in [0.05, 0.1) is 26.1 Å². The van der Waals surface area contributed by atoms with E-state index in [2.05, 4.69) is 9.97 Å². The van der Waals surface area contributed by atoms with Gasteiger partial charge in [-0.25, -0.2) is 4.98 Å². The number of rotatable bonds is 1. The predicted octanol–water partition coefficient (Wildman–Crippen LogP) is 6.86. The lowest BCUT2D eigenvalue weighted by atomic mass is 10.0. The number of benzene rings is 2. The molecule has 9 heteroatoms. The largest absolute Gasteiger partial charge is 0.449 e. The number of aromatic amines is 1. The number of halogens is 7. The number of alkyl halides is 3. The molecule has 0 unspecified atom stereocenters. The lowest BCUT2D eigenvalue weighted by molar-refractivity contribution is -0.144. The van der Waals surface area contributed by atoms with E-state index in [1.165, 1.54) is 24.3 Å². The molecule has 0 fully saturated rings. The van der Waals surface area contributed by atoms with Crippen LogP contribution in [0.1, 0.15) is 5.82 Å². The molecule has 0 spiro atoms. The third-order valence-corrected chi connectivity index (χ3v) is 4.46. The van der Waals surface area contributed by atoms with Crippen LogP contribution in [0, 0.1) is 0 Å². The average molecular weight is 400 g/mol. The van der Waals surface area contributed by atoms with Gasteiger partial charge in [0.25, 0.3) is 0 Å². The normalized spacial score (nSPS) is 12.1. The van der Waals surface area contributed by atoms with E-state index in [0.717, 1.165) is 0 Å². The number of nitrogens with one attached hydrogen (secondary N) is 1. The van der Waals surface area contributed by atoms with Gasteiger partial charge in [0.2, 0.25) is 5.82 Å². The Hall–Kier alpha value is -1.14. The fourth-order valence-electron chi connectivity index (χ4n) is 2.12. The molecule has 2 nitrogen and oxygen atoms in total. The molecule has 1 aromatic heterocycles. The number of aromatic nitrogens is 2. The highest BCUT2D eigenvalue weighted by Gasteiger charge is 2.34. The molecule has 0 bridgehead atoms. The second-order valence-corrected chi connectivity index (χ2v) is 6.31. The Kier molecular flexibility index (Phi) is 4.17. The molecule has 23 heavy (non-hydrogen) atoms. The van der Waals surface area contributed by atoms with Gasteiger partial charge in [-0.05, 0) is 24.3 Å². The van der Waals surface area contributed by atoms with Crippen molar-refractivity contribution in [2.45, 2.75) is 6.18 Å². The fourth-order valence-corrected chi connectivity index (χ4v) is 3.09. The minimum atomic E-state index is -4.58. The van der Waals surface area contributed by atoms with Crippen molar-refractivity contribution in [1.29, 1.82) is 0 Å². The molecule has 0 amide bonds. The Morgan fingerprint density at radius 2 is 1.57 bits per heavy atom. The summed E-state index contributed by atoms with van der Waals surface area (Å²) < 4.78 is 38.2. The summed E-state index contributed by atoms with van der Waals surface area (Å²) in [5.74, 6) is -1.10. The fraction of sp³-hybridized carbons (Fsp3) is 0.0714. The van der Waals surface area contributed by atoms with Crippen LogP contribution in [0.5, 0.6) is 0 Å². The Balaban J connectivity index is 2.25. The number of imidazole rings is 1. The molecule has 3 aromatic rings. The molecule has 2 aromatic carbocycles. The molecule has 0 saturated carbocycles. The van der Waals surface area contributed by atoms with Gasteiger partial charge >= 0.3 is 6.18 Å². The van der Waals surface area contributed by atoms with Gasteiger partial charge in [-0.1, -0.05) is 46.4 Å². The third-order valence-electron chi connectivity index (χ3n) is 3.12. The van der Waals surface area contributed by atoms with E-state index in [-0.39, 0.29) is 26.1 Å². The maximum atomic E-state index is 12.7. The van der Waals surface area contributed by atoms with Crippen molar-refractivity contribution in [3.05, 3.63) is 50.2 Å². The number of H-pyrrole nitrogens is 1. The van der Waals surface area contributed by atoms with Crippen LogP contribution in [0.4, 0.5) is 13.2 Å². The molecule has 0 saturated heterocycles. The standard InChI is InChI=1S/C14H5Cl4F3N2/c15-5-1-7(12(18)9(17)2-5)6-3-10-11(4-8(6)16)23-13(22-10)14(19,20)21/h1-4H,(H,22,23). The molecule has 0 atom stereocenters. The van der Waals surface area contributed by atoms with Crippen LogP contribution < -0.4 is 0 Å². The van der Waals surface area contributed by atoms with E-state index >= 15 is 0 Å². The first kappa shape index (κ1) is 16.7. The highest BCUT2D eigenvalue weighted by Crippen LogP contribution is 2.41. The zero-order valence-corrected chi connectivity index (χ0v) is 13.9. The Labute approximate surface area is 148 Å². The van der Waals surface area contributed by atoms with Crippen molar-refractivity contribution < 1.29 is 13.2 Å². The summed E-state index contributed by atoms with van der Waals surface area (Å²) in [6.45, 7) is 0. The van der Waals surface area contributed by atoms with Crippen LogP contribution in [0.15, 0.2) is 24.3 Å². The Morgan fingerprint density at radius 1 is 0.870 bits per heavy atom. The lowest BCUT2D eigenvalue weighted by Crippen LogP contribution is -2.06. The van der Waals surface area contributed by atoms with Crippen molar-refractivity contribution in [2.24, 2.45) is 0 Å². The van der Waals surface area contributed by atoms with Crippen LogP contribution in [-0.4, -0.2) is 9.97 Å². The van der Waals surface area contributed by atoms with Gasteiger partial charge in [-0.2, -0.15) is 13.2 Å². The van der Waals surface area contributed by atoms with E-state index in [0.29, 0.717) is 16.1 Å². The van der Waals surface area contributed by atoms with Crippen LogP contribution in [0.25, 0.3) is 22.2 Å². The molecule has 120 valence electrons. The summed E-state index contributed by atoms with van der Waals surface area (Å²) in [5.41, 5.74) is 1.06. The number of nitrogens with zero attached hydrogens (tertiary/aromatic N) is 1. The number of fused-ring (bicyclic) bond motifs is 1. The van der Waals surface area contributed by atoms with E-state index in [9.17, 15) is 13.2 Å². The molecule has 0 radical (unpaired) electrons. The second-order valence-electron chi connectivity index (χ2n) is 4.68. The summed E-state index contributed by atoms with van der Waals surface area (Å²) in [6, 6.07) is 5.73. The highest BCUT2D eigenvalue weighted by molar-refractivity contribution is 6.45. The van der Waals surface area contributed by atoms with Crippen molar-refractivity contribution in [1.82, 2.24) is 9.97 Å². The van der Waals surface area contributed by atoms with Crippen molar-refractivity contribution in [3.8, 4) is 11.1 Å². The van der Waals surface area contributed by atoms with Crippen molar-refractivity contribution in [3.63, 3.8) is 0 Å². The summed E-state index contributed by atoms with van der Waals surface area (Å²) >= 11 is 24.2. The molecular weight excluding hydrogens is 395 g/mol. The molecule has 1 heterocycles. The third kappa shape index (κ3) is 3.11. The molecule has 0 aliphatic carbocycles. The van der Waals surface area contributed by atoms with E-state index in [1.807, 2.05) is 0 Å². The summed E-state index contributed by atoms with van der Waals surface area (Å²) in [7, 11) is 0. The zero-order chi connectivity index (χ0) is 16.9. The first-order chi connectivity index (χ1) is 10.7. The van der Waals surface area contributed by atoms with E-state index < -0.39 is 12.0 Å². The summed E-state index contributed by atoms with van der Waals surface area (Å²) in [6.07, 6.45) is -4.58. The average Bonchev–Trinajstić information content (AvgIpc) is 2.85. The van der Waals surface area contributed by atoms with Gasteiger partial charge < -0.3 is 4.98 Å². The first-order valence-corrected chi connectivity index (χ1v) is 7.59. The smallest absolute Gasteiger partial charge is 0.334 e. The molecule has 0 aliphatic rings. The van der Waals surface area contributed by atoms with Crippen molar-refractivity contribution in [2.75, 3.05) is 0 Å². The lowest BCUT2D eigenvalue weighted by Gasteiger charge is -2.09. The highest BCUT2D eigenvalue weighted by atomic mass is 35.5. The molecular formula is C14H5Cl4F3N2. The minimum absolute atomic E-state index is 0.101. The van der Waals surface area contributed by atoms with E-state index in [4.69, 9.17) is 46.4 Å². The van der Waals surface area contributed by atoms with Crippen LogP contribution in [0.2, 0.25) is 20.1 Å². The minimum Gasteiger partial charge on any atom is -0.334 e. The topological polar surface area (TPSA) is 28.7 Å². The van der Waals surface area contributed by atoms with Gasteiger partial charge in [-0.15, -0.1) is 0 Å². The van der Waals surface area contributed by atoms with Crippen LogP contribution in [0.3, 0.4) is 0 Å². The molecule has 3 rings (SSSR count). The molecule has 0 aliphatic heterocycles. The monoisotopic (exact) mass is 398 g/mol. The van der Waals surface area contributed by atoms with Gasteiger partial charge in [-0.3, -0.25) is 0 Å². The Morgan fingerprint density at radius 3 is 2.22 bits per heavy atom. The van der Waals surface area contributed by atoms with Gasteiger partial charge in [0, 0.05) is 16.1 Å². The Bertz CT molecular complexity index is 919. The van der Waals surface area contributed by atoms with Crippen molar-refractivity contribution >= 4 is 57.4 Å². The zero-order valence-electron chi connectivity index (χ0n) is 10.9.